The van der Waals surface area contributed by atoms with Crippen LogP contribution in [0.2, 0.25) is 0 Å². The van der Waals surface area contributed by atoms with E-state index < -0.39 is 4.75 Å². The van der Waals surface area contributed by atoms with Gasteiger partial charge in [-0.25, -0.2) is 0 Å². The molecule has 0 spiro atoms. The fourth-order valence-electron chi connectivity index (χ4n) is 9.47. The zero-order valence-corrected chi connectivity index (χ0v) is 37.6. The summed E-state index contributed by atoms with van der Waals surface area (Å²) in [7, 11) is 0. The maximum atomic E-state index is 5.52. The number of fused-ring (bicyclic) bond motifs is 7. The van der Waals surface area contributed by atoms with Crippen LogP contribution in [-0.4, -0.2) is 0 Å². The number of hydrogen-bond donors (Lipinski definition) is 1. The van der Waals surface area contributed by atoms with Crippen molar-refractivity contribution in [1.82, 2.24) is 0 Å². The van der Waals surface area contributed by atoms with Crippen molar-refractivity contribution in [3.63, 3.8) is 0 Å². The Morgan fingerprint density at radius 1 is 0.357 bits per heavy atom. The molecule has 288 valence electrons. The summed E-state index contributed by atoms with van der Waals surface area (Å²) in [5.41, 5.74) is 21.5. The van der Waals surface area contributed by atoms with Crippen molar-refractivity contribution in [2.75, 3.05) is 0 Å². The first-order chi connectivity index (χ1) is 25.8. The van der Waals surface area contributed by atoms with Gasteiger partial charge in [-0.2, -0.15) is 12.6 Å². The van der Waals surface area contributed by atoms with Crippen molar-refractivity contribution >= 4 is 23.4 Å². The van der Waals surface area contributed by atoms with Gasteiger partial charge < -0.3 is 0 Å². The number of thiol groups is 1. The summed E-state index contributed by atoms with van der Waals surface area (Å²) >= 11 is 5.52. The highest BCUT2D eigenvalue weighted by Gasteiger charge is 2.42. The molecule has 0 nitrogen and oxygen atoms in total. The first-order valence-corrected chi connectivity index (χ1v) is 21.2. The first-order valence-electron chi connectivity index (χ1n) is 20.7. The van der Waals surface area contributed by atoms with Crippen molar-refractivity contribution in [2.45, 2.75) is 136 Å². The number of benzene rings is 6. The lowest BCUT2D eigenvalue weighted by molar-refractivity contribution is 0.580. The number of rotatable bonds is 2. The SMILES string of the molecule is CC(C)(C)c1ccc2c(c1)C(C)(C)c1cc(C(C)(C)C)cc(-c3ccc(-c4cc(C(C)(C)C)cc5c4-c4ccc(C(C)(C)C)cc4C5(C)S)c4ccccc34)c1-2. The van der Waals surface area contributed by atoms with Gasteiger partial charge in [0, 0.05) is 5.41 Å². The Bertz CT molecular complexity index is 2410. The predicted octanol–water partition coefficient (Wildman–Crippen LogP) is 15.8. The summed E-state index contributed by atoms with van der Waals surface area (Å²) in [6.45, 7) is 35.1. The summed E-state index contributed by atoms with van der Waals surface area (Å²) in [5.74, 6) is 0. The third-order valence-corrected chi connectivity index (χ3v) is 13.7. The summed E-state index contributed by atoms with van der Waals surface area (Å²) < 4.78 is -0.418. The summed E-state index contributed by atoms with van der Waals surface area (Å²) in [5, 5.41) is 2.58. The van der Waals surface area contributed by atoms with E-state index in [1.165, 1.54) is 99.8 Å². The Morgan fingerprint density at radius 3 is 1.16 bits per heavy atom. The van der Waals surface area contributed by atoms with Gasteiger partial charge in [-0.05, 0) is 141 Å². The zero-order valence-electron chi connectivity index (χ0n) is 36.7. The molecule has 1 heteroatoms. The van der Waals surface area contributed by atoms with Gasteiger partial charge in [0.05, 0.1) is 4.75 Å². The van der Waals surface area contributed by atoms with E-state index in [0.29, 0.717) is 0 Å². The molecule has 0 aliphatic heterocycles. The Labute approximate surface area is 343 Å². The second kappa shape index (κ2) is 12.2. The Kier molecular flexibility index (Phi) is 8.46. The monoisotopic (exact) mass is 754 g/mol. The number of hydrogen-bond acceptors (Lipinski definition) is 1. The second-order valence-electron chi connectivity index (χ2n) is 21.8. The van der Waals surface area contributed by atoms with Crippen LogP contribution in [0.25, 0.3) is 55.3 Å². The highest BCUT2D eigenvalue weighted by atomic mass is 32.1. The van der Waals surface area contributed by atoms with Crippen LogP contribution in [0.4, 0.5) is 0 Å². The minimum Gasteiger partial charge on any atom is -0.163 e. The first kappa shape index (κ1) is 38.8. The quantitative estimate of drug-likeness (QED) is 0.167. The van der Waals surface area contributed by atoms with E-state index in [-0.39, 0.29) is 27.1 Å². The highest BCUT2D eigenvalue weighted by Crippen LogP contribution is 2.58. The van der Waals surface area contributed by atoms with Gasteiger partial charge in [0.2, 0.25) is 0 Å². The Balaban J connectivity index is 1.43. The van der Waals surface area contributed by atoms with Crippen molar-refractivity contribution in [1.29, 1.82) is 0 Å². The molecule has 0 saturated heterocycles. The summed E-state index contributed by atoms with van der Waals surface area (Å²) in [4.78, 5) is 0. The minimum absolute atomic E-state index is 0.00530. The molecule has 0 bridgehead atoms. The van der Waals surface area contributed by atoms with Crippen LogP contribution in [0, 0.1) is 0 Å². The lowest BCUT2D eigenvalue weighted by Gasteiger charge is -2.28. The molecule has 0 heterocycles. The highest BCUT2D eigenvalue weighted by molar-refractivity contribution is 7.81. The van der Waals surface area contributed by atoms with Gasteiger partial charge in [-0.1, -0.05) is 182 Å². The van der Waals surface area contributed by atoms with E-state index >= 15 is 0 Å². The van der Waals surface area contributed by atoms with Gasteiger partial charge in [-0.3, -0.25) is 0 Å². The molecular formula is C55H62S. The second-order valence-corrected chi connectivity index (χ2v) is 22.7. The summed E-state index contributed by atoms with van der Waals surface area (Å²) in [6, 6.07) is 38.4. The van der Waals surface area contributed by atoms with Crippen LogP contribution in [0.3, 0.4) is 0 Å². The molecule has 0 N–H and O–H groups in total. The molecule has 6 aromatic rings. The van der Waals surface area contributed by atoms with Gasteiger partial charge in [-0.15, -0.1) is 0 Å². The van der Waals surface area contributed by atoms with Crippen LogP contribution < -0.4 is 0 Å². The molecular weight excluding hydrogens is 693 g/mol. The van der Waals surface area contributed by atoms with Gasteiger partial charge in [0.15, 0.2) is 0 Å². The molecule has 1 unspecified atom stereocenters. The Morgan fingerprint density at radius 2 is 0.714 bits per heavy atom. The molecule has 0 aromatic heterocycles. The van der Waals surface area contributed by atoms with Crippen molar-refractivity contribution in [3.05, 3.63) is 142 Å². The van der Waals surface area contributed by atoms with E-state index in [1.807, 2.05) is 0 Å². The van der Waals surface area contributed by atoms with Crippen molar-refractivity contribution in [2.24, 2.45) is 0 Å². The molecule has 2 aliphatic rings. The molecule has 0 amide bonds. The van der Waals surface area contributed by atoms with Crippen LogP contribution >= 0.6 is 12.6 Å². The van der Waals surface area contributed by atoms with E-state index in [2.05, 4.69) is 201 Å². The molecule has 2 aliphatic carbocycles. The Hall–Kier alpha value is -4.07. The maximum absolute atomic E-state index is 5.52. The molecule has 56 heavy (non-hydrogen) atoms. The minimum atomic E-state index is -0.418. The molecule has 6 aromatic carbocycles. The normalized spacial score (nSPS) is 17.5. The molecule has 0 saturated carbocycles. The van der Waals surface area contributed by atoms with Crippen LogP contribution in [0.1, 0.15) is 148 Å². The van der Waals surface area contributed by atoms with Crippen LogP contribution in [0.15, 0.2) is 97.1 Å². The predicted molar refractivity (Wildman–Crippen MR) is 248 cm³/mol. The average Bonchev–Trinajstić information content (AvgIpc) is 3.48. The maximum Gasteiger partial charge on any atom is 0.0611 e. The third kappa shape index (κ3) is 5.93. The standard InChI is InChI=1S/C55H62S/c1-50(2,3)32-20-22-40-44(28-32)54(13,14)46-30-34(52(7,8)9)26-42(48(40)46)38-24-25-39(37-19-17-16-18-36(37)38)43-27-35(53(10,11)12)31-47-49(43)41-23-21-33(51(4,5)6)29-45(41)55(47,15)56/h16-31,56H,1-15H3. The third-order valence-electron chi connectivity index (χ3n) is 13.2. The van der Waals surface area contributed by atoms with Crippen molar-refractivity contribution in [3.8, 4) is 44.5 Å². The lowest BCUT2D eigenvalue weighted by atomic mass is 9.76. The van der Waals surface area contributed by atoms with E-state index in [0.717, 1.165) is 0 Å². The van der Waals surface area contributed by atoms with E-state index in [1.54, 1.807) is 0 Å². The smallest absolute Gasteiger partial charge is 0.0611 e. The van der Waals surface area contributed by atoms with E-state index in [9.17, 15) is 0 Å². The topological polar surface area (TPSA) is 0 Å². The lowest BCUT2D eigenvalue weighted by Crippen LogP contribution is -2.19. The fourth-order valence-corrected chi connectivity index (χ4v) is 9.83. The molecule has 8 rings (SSSR count). The van der Waals surface area contributed by atoms with E-state index in [4.69, 9.17) is 12.6 Å². The molecule has 1 atom stereocenters. The van der Waals surface area contributed by atoms with Crippen molar-refractivity contribution < 1.29 is 0 Å². The fraction of sp³-hybridized carbons (Fsp3) is 0.382. The average molecular weight is 755 g/mol. The molecule has 0 fully saturated rings. The largest absolute Gasteiger partial charge is 0.163 e. The van der Waals surface area contributed by atoms with Crippen LogP contribution in [0.5, 0.6) is 0 Å². The van der Waals surface area contributed by atoms with Gasteiger partial charge in [0.1, 0.15) is 0 Å². The zero-order chi connectivity index (χ0) is 40.7. The summed E-state index contributed by atoms with van der Waals surface area (Å²) in [6.07, 6.45) is 0. The molecule has 0 radical (unpaired) electrons. The van der Waals surface area contributed by atoms with Gasteiger partial charge >= 0.3 is 0 Å². The van der Waals surface area contributed by atoms with Gasteiger partial charge in [0.25, 0.3) is 0 Å². The van der Waals surface area contributed by atoms with Crippen LogP contribution in [-0.2, 0) is 31.8 Å².